The average molecular weight is 265 g/mol. The molecule has 0 amide bonds. The third-order valence-corrected chi connectivity index (χ3v) is 3.29. The molecule has 0 unspecified atom stereocenters. The molecular weight excluding hydrogens is 242 g/mol. The summed E-state index contributed by atoms with van der Waals surface area (Å²) in [5.74, 6) is 0.159. The predicted octanol–water partition coefficient (Wildman–Crippen LogP) is 1.45. The van der Waals surface area contributed by atoms with Crippen molar-refractivity contribution < 1.29 is 9.53 Å². The van der Waals surface area contributed by atoms with E-state index in [1.807, 2.05) is 40.2 Å². The van der Waals surface area contributed by atoms with E-state index in [0.717, 1.165) is 13.0 Å². The number of piperidine rings is 1. The van der Waals surface area contributed by atoms with Crippen molar-refractivity contribution in [2.75, 3.05) is 13.1 Å². The van der Waals surface area contributed by atoms with Crippen LogP contribution in [0.25, 0.3) is 0 Å². The summed E-state index contributed by atoms with van der Waals surface area (Å²) < 4.78 is 7.26. The molecule has 0 spiro atoms. The first-order valence-electron chi connectivity index (χ1n) is 6.77. The van der Waals surface area contributed by atoms with E-state index in [1.54, 1.807) is 4.68 Å². The Morgan fingerprint density at radius 3 is 2.79 bits per heavy atom. The number of carbonyl (C=O) groups is 1. The highest BCUT2D eigenvalue weighted by atomic mass is 16.6. The second-order valence-corrected chi connectivity index (χ2v) is 6.27. The van der Waals surface area contributed by atoms with Gasteiger partial charge in [0.2, 0.25) is 0 Å². The SMILES string of the molecule is Cn1cc([C@@H]2CNC[C@@H](C(=O)OC(C)(C)C)C2)cn1. The molecule has 0 aliphatic carbocycles. The molecule has 1 aromatic heterocycles. The summed E-state index contributed by atoms with van der Waals surface area (Å²) >= 11 is 0. The van der Waals surface area contributed by atoms with Gasteiger partial charge in [-0.1, -0.05) is 0 Å². The summed E-state index contributed by atoms with van der Waals surface area (Å²) in [5.41, 5.74) is 0.765. The molecule has 106 valence electrons. The highest BCUT2D eigenvalue weighted by molar-refractivity contribution is 5.73. The second-order valence-electron chi connectivity index (χ2n) is 6.27. The lowest BCUT2D eigenvalue weighted by atomic mass is 9.87. The van der Waals surface area contributed by atoms with Crippen molar-refractivity contribution in [3.8, 4) is 0 Å². The molecule has 2 heterocycles. The van der Waals surface area contributed by atoms with E-state index in [2.05, 4.69) is 10.4 Å². The Morgan fingerprint density at radius 2 is 2.21 bits per heavy atom. The van der Waals surface area contributed by atoms with E-state index in [-0.39, 0.29) is 11.9 Å². The summed E-state index contributed by atoms with van der Waals surface area (Å²) in [4.78, 5) is 12.1. The maximum Gasteiger partial charge on any atom is 0.310 e. The van der Waals surface area contributed by atoms with Gasteiger partial charge in [-0.05, 0) is 32.8 Å². The Balaban J connectivity index is 1.99. The van der Waals surface area contributed by atoms with Gasteiger partial charge in [-0.2, -0.15) is 5.10 Å². The molecule has 1 N–H and O–H groups in total. The maximum absolute atomic E-state index is 12.1. The van der Waals surface area contributed by atoms with Crippen LogP contribution < -0.4 is 5.32 Å². The van der Waals surface area contributed by atoms with Gasteiger partial charge in [0, 0.05) is 32.3 Å². The van der Waals surface area contributed by atoms with Gasteiger partial charge in [0.15, 0.2) is 0 Å². The summed E-state index contributed by atoms with van der Waals surface area (Å²) in [5, 5.41) is 7.52. The number of carbonyl (C=O) groups excluding carboxylic acids is 1. The van der Waals surface area contributed by atoms with Gasteiger partial charge >= 0.3 is 5.97 Å². The molecule has 1 saturated heterocycles. The largest absolute Gasteiger partial charge is 0.460 e. The zero-order chi connectivity index (χ0) is 14.0. The molecule has 5 heteroatoms. The molecule has 19 heavy (non-hydrogen) atoms. The van der Waals surface area contributed by atoms with Gasteiger partial charge in [-0.15, -0.1) is 0 Å². The van der Waals surface area contributed by atoms with E-state index >= 15 is 0 Å². The lowest BCUT2D eigenvalue weighted by Crippen LogP contribution is -2.41. The standard InChI is InChI=1S/C14H23N3O2/c1-14(2,3)19-13(18)11-5-10(6-15-7-11)12-8-16-17(4)9-12/h8-11,15H,5-7H2,1-4H3/t10-,11-/m0/s1. The first kappa shape index (κ1) is 14.1. The van der Waals surface area contributed by atoms with Crippen molar-refractivity contribution in [2.24, 2.45) is 13.0 Å². The summed E-state index contributed by atoms with van der Waals surface area (Å²) in [6.45, 7) is 7.30. The first-order chi connectivity index (χ1) is 8.85. The molecule has 0 bridgehead atoms. The van der Waals surface area contributed by atoms with Gasteiger partial charge in [-0.25, -0.2) is 0 Å². The monoisotopic (exact) mass is 265 g/mol. The van der Waals surface area contributed by atoms with Crippen LogP contribution in [0.5, 0.6) is 0 Å². The highest BCUT2D eigenvalue weighted by Gasteiger charge is 2.31. The van der Waals surface area contributed by atoms with Crippen LogP contribution in [0.2, 0.25) is 0 Å². The van der Waals surface area contributed by atoms with Crippen LogP contribution in [0.3, 0.4) is 0 Å². The Kier molecular flexibility index (Phi) is 3.94. The van der Waals surface area contributed by atoms with Gasteiger partial charge in [0.1, 0.15) is 5.60 Å². The third-order valence-electron chi connectivity index (χ3n) is 3.29. The predicted molar refractivity (Wildman–Crippen MR) is 72.8 cm³/mol. The molecule has 5 nitrogen and oxygen atoms in total. The van der Waals surface area contributed by atoms with Crippen molar-refractivity contribution in [3.05, 3.63) is 18.0 Å². The number of esters is 1. The number of nitrogens with one attached hydrogen (secondary N) is 1. The highest BCUT2D eigenvalue weighted by Crippen LogP contribution is 2.27. The van der Waals surface area contributed by atoms with Crippen LogP contribution in [0.15, 0.2) is 12.4 Å². The molecule has 0 radical (unpaired) electrons. The average Bonchev–Trinajstić information content (AvgIpc) is 2.74. The van der Waals surface area contributed by atoms with Gasteiger partial charge in [0.25, 0.3) is 0 Å². The van der Waals surface area contributed by atoms with E-state index in [9.17, 15) is 4.79 Å². The van der Waals surface area contributed by atoms with E-state index in [0.29, 0.717) is 12.5 Å². The van der Waals surface area contributed by atoms with Crippen molar-refractivity contribution in [3.63, 3.8) is 0 Å². The molecule has 0 saturated carbocycles. The number of aryl methyl sites for hydroxylation is 1. The Morgan fingerprint density at radius 1 is 1.47 bits per heavy atom. The summed E-state index contributed by atoms with van der Waals surface area (Å²) in [7, 11) is 1.91. The minimum atomic E-state index is -0.418. The molecule has 1 aliphatic heterocycles. The van der Waals surface area contributed by atoms with Crippen molar-refractivity contribution in [2.45, 2.75) is 38.7 Å². The zero-order valence-corrected chi connectivity index (χ0v) is 12.1. The number of aromatic nitrogens is 2. The zero-order valence-electron chi connectivity index (χ0n) is 12.1. The van der Waals surface area contributed by atoms with Gasteiger partial charge < -0.3 is 10.1 Å². The number of hydrogen-bond donors (Lipinski definition) is 1. The fourth-order valence-electron chi connectivity index (χ4n) is 2.41. The first-order valence-corrected chi connectivity index (χ1v) is 6.77. The van der Waals surface area contributed by atoms with Crippen LogP contribution in [-0.2, 0) is 16.6 Å². The molecule has 1 fully saturated rings. The summed E-state index contributed by atoms with van der Waals surface area (Å²) in [6, 6.07) is 0. The number of hydrogen-bond acceptors (Lipinski definition) is 4. The fourth-order valence-corrected chi connectivity index (χ4v) is 2.41. The normalized spacial score (nSPS) is 24.2. The number of ether oxygens (including phenoxy) is 1. The van der Waals surface area contributed by atoms with Gasteiger partial charge in [-0.3, -0.25) is 9.48 Å². The van der Waals surface area contributed by atoms with Crippen LogP contribution in [0.1, 0.15) is 38.7 Å². The molecular formula is C14H23N3O2. The van der Waals surface area contributed by atoms with Gasteiger partial charge in [0.05, 0.1) is 12.1 Å². The molecule has 2 atom stereocenters. The van der Waals surface area contributed by atoms with Crippen molar-refractivity contribution in [1.29, 1.82) is 0 Å². The minimum absolute atomic E-state index is 0.0711. The van der Waals surface area contributed by atoms with Crippen LogP contribution >= 0.6 is 0 Å². The van der Waals surface area contributed by atoms with E-state index in [1.165, 1.54) is 5.56 Å². The van der Waals surface area contributed by atoms with Crippen LogP contribution in [0.4, 0.5) is 0 Å². The quantitative estimate of drug-likeness (QED) is 0.822. The lowest BCUT2D eigenvalue weighted by Gasteiger charge is -2.30. The summed E-state index contributed by atoms with van der Waals surface area (Å²) in [6.07, 6.45) is 4.72. The van der Waals surface area contributed by atoms with Crippen molar-refractivity contribution >= 4 is 5.97 Å². The molecule has 1 aromatic rings. The fraction of sp³-hybridized carbons (Fsp3) is 0.714. The lowest BCUT2D eigenvalue weighted by molar-refractivity contribution is -0.160. The van der Waals surface area contributed by atoms with Crippen molar-refractivity contribution in [1.82, 2.24) is 15.1 Å². The van der Waals surface area contributed by atoms with E-state index < -0.39 is 5.60 Å². The third kappa shape index (κ3) is 3.80. The Bertz CT molecular complexity index is 448. The van der Waals surface area contributed by atoms with Crippen LogP contribution in [0, 0.1) is 5.92 Å². The molecule has 0 aromatic carbocycles. The maximum atomic E-state index is 12.1. The number of rotatable bonds is 2. The second kappa shape index (κ2) is 5.33. The van der Waals surface area contributed by atoms with Crippen LogP contribution in [-0.4, -0.2) is 34.4 Å². The minimum Gasteiger partial charge on any atom is -0.460 e. The molecule has 2 rings (SSSR count). The number of nitrogens with zero attached hydrogens (tertiary/aromatic N) is 2. The smallest absolute Gasteiger partial charge is 0.310 e. The van der Waals surface area contributed by atoms with E-state index in [4.69, 9.17) is 4.74 Å². The topological polar surface area (TPSA) is 56.2 Å². The Hall–Kier alpha value is -1.36. The molecule has 1 aliphatic rings. The Labute approximate surface area is 114 Å².